The van der Waals surface area contributed by atoms with Crippen LogP contribution in [0.5, 0.6) is 0 Å². The molecule has 1 atom stereocenters. The fraction of sp³-hybridized carbons (Fsp3) is 0.471. The predicted octanol–water partition coefficient (Wildman–Crippen LogP) is 2.07. The number of nitrogens with one attached hydrogen (secondary N) is 2. The van der Waals surface area contributed by atoms with E-state index in [1.807, 2.05) is 19.2 Å². The van der Waals surface area contributed by atoms with E-state index < -0.39 is 0 Å². The summed E-state index contributed by atoms with van der Waals surface area (Å²) < 4.78 is 0. The molecule has 1 aliphatic heterocycles. The molecule has 2 N–H and O–H groups in total. The van der Waals surface area contributed by atoms with Crippen molar-refractivity contribution in [2.75, 3.05) is 19.6 Å². The smallest absolute Gasteiger partial charge is 0.287 e. The van der Waals surface area contributed by atoms with Crippen molar-refractivity contribution < 1.29 is 4.79 Å². The first-order valence-corrected chi connectivity index (χ1v) is 8.18. The molecule has 3 rings (SSSR count). The van der Waals surface area contributed by atoms with Gasteiger partial charge in [-0.25, -0.2) is 4.98 Å². The Morgan fingerprint density at radius 3 is 2.83 bits per heavy atom. The van der Waals surface area contributed by atoms with Crippen molar-refractivity contribution in [3.05, 3.63) is 47.8 Å². The van der Waals surface area contributed by atoms with E-state index in [0.717, 1.165) is 24.3 Å². The maximum atomic E-state index is 12.2. The number of H-pyrrole nitrogens is 1. The summed E-state index contributed by atoms with van der Waals surface area (Å²) in [5.41, 5.74) is 2.03. The Hall–Kier alpha value is -2.21. The van der Waals surface area contributed by atoms with E-state index in [2.05, 4.69) is 31.2 Å². The first kappa shape index (κ1) is 15.7. The van der Waals surface area contributed by atoms with Gasteiger partial charge in [-0.15, -0.1) is 0 Å². The maximum absolute atomic E-state index is 12.2. The third-order valence-corrected chi connectivity index (χ3v) is 4.27. The Morgan fingerprint density at radius 1 is 1.35 bits per heavy atom. The number of nitrogens with zero attached hydrogens (tertiary/aromatic N) is 3. The highest BCUT2D eigenvalue weighted by Crippen LogP contribution is 2.23. The van der Waals surface area contributed by atoms with E-state index in [1.165, 1.54) is 19.3 Å². The van der Waals surface area contributed by atoms with Crippen LogP contribution in [0.25, 0.3) is 0 Å². The molecule has 0 unspecified atom stereocenters. The summed E-state index contributed by atoms with van der Waals surface area (Å²) in [4.78, 5) is 26.0. The molecule has 0 radical (unpaired) electrons. The zero-order valence-corrected chi connectivity index (χ0v) is 13.5. The van der Waals surface area contributed by atoms with Crippen molar-refractivity contribution in [3.8, 4) is 0 Å². The molecule has 0 bridgehead atoms. The second-order valence-electron chi connectivity index (χ2n) is 6.02. The molecule has 3 heterocycles. The molecule has 2 aromatic heterocycles. The minimum atomic E-state index is -0.163. The number of imidazole rings is 1. The molecule has 1 saturated heterocycles. The lowest BCUT2D eigenvalue weighted by Gasteiger charge is -2.34. The van der Waals surface area contributed by atoms with E-state index in [9.17, 15) is 4.79 Å². The van der Waals surface area contributed by atoms with Crippen LogP contribution < -0.4 is 5.32 Å². The molecule has 122 valence electrons. The monoisotopic (exact) mass is 313 g/mol. The lowest BCUT2D eigenvalue weighted by molar-refractivity contribution is 0.0915. The number of pyridine rings is 1. The molecule has 2 aromatic rings. The highest BCUT2D eigenvalue weighted by atomic mass is 16.2. The van der Waals surface area contributed by atoms with Crippen molar-refractivity contribution in [2.45, 2.75) is 32.2 Å². The van der Waals surface area contributed by atoms with E-state index in [0.29, 0.717) is 12.4 Å². The van der Waals surface area contributed by atoms with E-state index in [4.69, 9.17) is 0 Å². The van der Waals surface area contributed by atoms with Crippen LogP contribution in [0.3, 0.4) is 0 Å². The third kappa shape index (κ3) is 3.96. The van der Waals surface area contributed by atoms with Crippen LogP contribution in [0, 0.1) is 6.92 Å². The van der Waals surface area contributed by atoms with Gasteiger partial charge in [0.25, 0.3) is 5.91 Å². The molecule has 1 aliphatic rings. The van der Waals surface area contributed by atoms with E-state index >= 15 is 0 Å². The second-order valence-corrected chi connectivity index (χ2v) is 6.02. The number of rotatable bonds is 5. The van der Waals surface area contributed by atoms with Gasteiger partial charge >= 0.3 is 0 Å². The van der Waals surface area contributed by atoms with Crippen LogP contribution in [-0.2, 0) is 0 Å². The van der Waals surface area contributed by atoms with Gasteiger partial charge in [0.2, 0.25) is 0 Å². The van der Waals surface area contributed by atoms with Gasteiger partial charge in [-0.1, -0.05) is 12.5 Å². The van der Waals surface area contributed by atoms with Gasteiger partial charge in [0.05, 0.1) is 6.04 Å². The highest BCUT2D eigenvalue weighted by molar-refractivity contribution is 5.90. The Bertz CT molecular complexity index is 633. The second kappa shape index (κ2) is 7.37. The maximum Gasteiger partial charge on any atom is 0.287 e. The molecule has 23 heavy (non-hydrogen) atoms. The zero-order chi connectivity index (χ0) is 16.1. The van der Waals surface area contributed by atoms with Gasteiger partial charge in [-0.2, -0.15) is 0 Å². The van der Waals surface area contributed by atoms with Crippen molar-refractivity contribution in [2.24, 2.45) is 0 Å². The number of aromatic amines is 1. The van der Waals surface area contributed by atoms with Crippen molar-refractivity contribution in [3.63, 3.8) is 0 Å². The number of piperidine rings is 1. The number of carbonyl (C=O) groups excluding carboxylic acids is 1. The lowest BCUT2D eigenvalue weighted by Crippen LogP contribution is -2.40. The summed E-state index contributed by atoms with van der Waals surface area (Å²) in [6.07, 6.45) is 9.04. The van der Waals surface area contributed by atoms with E-state index in [-0.39, 0.29) is 11.9 Å². The molecule has 0 saturated carbocycles. The molecule has 0 aliphatic carbocycles. The molecule has 6 heteroatoms. The number of aryl methyl sites for hydroxylation is 1. The Labute approximate surface area is 136 Å². The van der Waals surface area contributed by atoms with E-state index in [1.54, 1.807) is 12.4 Å². The van der Waals surface area contributed by atoms with Crippen LogP contribution in [0.15, 0.2) is 30.7 Å². The van der Waals surface area contributed by atoms with Crippen LogP contribution in [0.1, 0.15) is 47.2 Å². The normalized spacial score (nSPS) is 16.9. The molecule has 1 amide bonds. The van der Waals surface area contributed by atoms with Crippen molar-refractivity contribution in [1.29, 1.82) is 0 Å². The van der Waals surface area contributed by atoms with Crippen molar-refractivity contribution >= 4 is 5.91 Å². The Balaban J connectivity index is 1.69. The molecule has 0 aromatic carbocycles. The lowest BCUT2D eigenvalue weighted by atomic mass is 10.0. The number of aromatic nitrogens is 3. The number of hydrogen-bond donors (Lipinski definition) is 2. The Kier molecular flexibility index (Phi) is 5.02. The number of hydrogen-bond acceptors (Lipinski definition) is 4. The standard InChI is InChI=1S/C17H23N5O/c1-13-10-19-16(21-13)17(23)20-12-15(14-6-5-7-18-11-14)22-8-3-2-4-9-22/h5-7,10-11,15H,2-4,8-9,12H2,1H3,(H,19,21)(H,20,23)/t15-/m1/s1. The third-order valence-electron chi connectivity index (χ3n) is 4.27. The molecular formula is C17H23N5O. The fourth-order valence-electron chi connectivity index (χ4n) is 3.06. The number of carbonyl (C=O) groups is 1. The average Bonchev–Trinajstić information content (AvgIpc) is 3.03. The fourth-order valence-corrected chi connectivity index (χ4v) is 3.06. The Morgan fingerprint density at radius 2 is 2.17 bits per heavy atom. The number of amides is 1. The van der Waals surface area contributed by atoms with Crippen LogP contribution in [0.2, 0.25) is 0 Å². The summed E-state index contributed by atoms with van der Waals surface area (Å²) in [6.45, 7) is 4.57. The number of likely N-dealkylation sites (tertiary alicyclic amines) is 1. The summed E-state index contributed by atoms with van der Waals surface area (Å²) in [5, 5.41) is 3.01. The van der Waals surface area contributed by atoms with Crippen molar-refractivity contribution in [1.82, 2.24) is 25.2 Å². The quantitative estimate of drug-likeness (QED) is 0.886. The van der Waals surface area contributed by atoms with Gasteiger partial charge in [0.1, 0.15) is 0 Å². The first-order valence-electron chi connectivity index (χ1n) is 8.18. The van der Waals surface area contributed by atoms with Gasteiger partial charge in [-0.05, 0) is 44.5 Å². The summed E-state index contributed by atoms with van der Waals surface area (Å²) in [6, 6.07) is 4.18. The first-order chi connectivity index (χ1) is 11.2. The highest BCUT2D eigenvalue weighted by Gasteiger charge is 2.23. The van der Waals surface area contributed by atoms with Crippen LogP contribution in [0.4, 0.5) is 0 Å². The topological polar surface area (TPSA) is 73.9 Å². The zero-order valence-electron chi connectivity index (χ0n) is 13.5. The molecule has 1 fully saturated rings. The minimum absolute atomic E-state index is 0.156. The SMILES string of the molecule is Cc1cnc(C(=O)NC[C@H](c2cccnc2)N2CCCCC2)[nH]1. The van der Waals surface area contributed by atoms with Gasteiger partial charge in [-0.3, -0.25) is 14.7 Å². The average molecular weight is 313 g/mol. The van der Waals surface area contributed by atoms with Gasteiger partial charge in [0, 0.05) is 30.8 Å². The van der Waals surface area contributed by atoms with Crippen LogP contribution >= 0.6 is 0 Å². The van der Waals surface area contributed by atoms with Gasteiger partial charge in [0.15, 0.2) is 5.82 Å². The summed E-state index contributed by atoms with van der Waals surface area (Å²) >= 11 is 0. The largest absolute Gasteiger partial charge is 0.347 e. The molecular weight excluding hydrogens is 290 g/mol. The minimum Gasteiger partial charge on any atom is -0.347 e. The molecule has 6 nitrogen and oxygen atoms in total. The summed E-state index contributed by atoms with van der Waals surface area (Å²) in [5.74, 6) is 0.204. The molecule has 0 spiro atoms. The summed E-state index contributed by atoms with van der Waals surface area (Å²) in [7, 11) is 0. The predicted molar refractivity (Wildman–Crippen MR) is 88.1 cm³/mol. The van der Waals surface area contributed by atoms with Gasteiger partial charge < -0.3 is 10.3 Å². The van der Waals surface area contributed by atoms with Crippen LogP contribution in [-0.4, -0.2) is 45.4 Å².